The zero-order valence-corrected chi connectivity index (χ0v) is 37.3. The number of carbonyl (C=O) groups excluding carboxylic acids is 1. The number of ether oxygens (including phenoxy) is 3. The first kappa shape index (κ1) is 46.6. The molecule has 0 saturated heterocycles. The van der Waals surface area contributed by atoms with Crippen LogP contribution in [0.2, 0.25) is 0 Å². The van der Waals surface area contributed by atoms with Gasteiger partial charge in [0.1, 0.15) is 29.9 Å². The van der Waals surface area contributed by atoms with Gasteiger partial charge in [-0.3, -0.25) is 25.0 Å². The Labute approximate surface area is 388 Å². The fourth-order valence-corrected chi connectivity index (χ4v) is 10.2. The zero-order chi connectivity index (χ0) is 47.1. The van der Waals surface area contributed by atoms with Crippen LogP contribution in [0.3, 0.4) is 0 Å². The van der Waals surface area contributed by atoms with Crippen LogP contribution in [0.4, 0.5) is 11.4 Å². The molecule has 0 aromatic heterocycles. The second kappa shape index (κ2) is 20.7. The van der Waals surface area contributed by atoms with Gasteiger partial charge < -0.3 is 34.2 Å². The third-order valence-electron chi connectivity index (χ3n) is 13.2. The monoisotopic (exact) mass is 910 g/mol. The third-order valence-corrected chi connectivity index (χ3v) is 13.2. The van der Waals surface area contributed by atoms with E-state index in [1.807, 2.05) is 54.6 Å². The molecule has 15 heteroatoms. The van der Waals surface area contributed by atoms with E-state index in [-0.39, 0.29) is 73.6 Å². The predicted octanol–water partition coefficient (Wildman–Crippen LogP) is 10.1. The minimum Gasteiger partial charge on any atom is -0.459 e. The fraction of sp³-hybridized carbons (Fsp3) is 0.346. The molecular formula is C52H54N4O11. The molecule has 5 aromatic carbocycles. The van der Waals surface area contributed by atoms with Gasteiger partial charge in [-0.1, -0.05) is 66.5 Å². The Morgan fingerprint density at radius 3 is 2.33 bits per heavy atom. The van der Waals surface area contributed by atoms with Gasteiger partial charge in [0.15, 0.2) is 0 Å². The number of hydrogen-bond donors (Lipinski definition) is 2. The summed E-state index contributed by atoms with van der Waals surface area (Å²) in [6.07, 6.45) is 8.14. The quantitative estimate of drug-likeness (QED) is 0.0326. The Balaban J connectivity index is 1.30. The maximum atomic E-state index is 14.9. The van der Waals surface area contributed by atoms with Crippen LogP contribution < -0.4 is 9.47 Å². The average molecular weight is 911 g/mol. The number of nitro groups is 2. The molecule has 0 radical (unpaired) electrons. The number of non-ortho nitro benzene ring substituents is 2. The predicted molar refractivity (Wildman–Crippen MR) is 252 cm³/mol. The van der Waals surface area contributed by atoms with Gasteiger partial charge in [-0.15, -0.1) is 6.58 Å². The molecule has 8 rings (SSSR count). The van der Waals surface area contributed by atoms with Crippen LogP contribution in [-0.4, -0.2) is 75.3 Å². The zero-order valence-electron chi connectivity index (χ0n) is 37.3. The lowest BCUT2D eigenvalue weighted by Gasteiger charge is -2.59. The van der Waals surface area contributed by atoms with Crippen LogP contribution >= 0.6 is 0 Å². The Bertz CT molecular complexity index is 2690. The van der Waals surface area contributed by atoms with E-state index in [1.54, 1.807) is 48.4 Å². The van der Waals surface area contributed by atoms with Gasteiger partial charge in [0, 0.05) is 61.9 Å². The Morgan fingerprint density at radius 1 is 0.866 bits per heavy atom. The summed E-state index contributed by atoms with van der Waals surface area (Å²) in [5.41, 5.74) is 3.20. The van der Waals surface area contributed by atoms with E-state index in [1.165, 1.54) is 24.3 Å². The van der Waals surface area contributed by atoms with Crippen molar-refractivity contribution in [1.82, 2.24) is 4.90 Å². The lowest BCUT2D eigenvalue weighted by Crippen LogP contribution is -2.69. The molecule has 6 unspecified atom stereocenters. The average Bonchev–Trinajstić information content (AvgIpc) is 3.34. The highest BCUT2D eigenvalue weighted by Gasteiger charge is 2.65. The number of nitro benzene ring substituents is 2. The van der Waals surface area contributed by atoms with Crippen molar-refractivity contribution in [3.8, 4) is 17.2 Å². The molecule has 0 bridgehead atoms. The number of carbonyl (C=O) groups is 1. The summed E-state index contributed by atoms with van der Waals surface area (Å²) in [4.78, 5) is 44.9. The number of unbranched alkanes of at least 4 members (excludes halogenated alkanes) is 2. The normalized spacial score (nSPS) is 22.2. The number of rotatable bonds is 20. The van der Waals surface area contributed by atoms with E-state index in [0.29, 0.717) is 54.0 Å². The van der Waals surface area contributed by atoms with E-state index in [0.717, 1.165) is 34.8 Å². The fourth-order valence-electron chi connectivity index (χ4n) is 10.2. The van der Waals surface area contributed by atoms with Crippen molar-refractivity contribution in [3.63, 3.8) is 0 Å². The molecule has 0 spiro atoms. The number of aliphatic hydroxyl groups excluding tert-OH is 2. The minimum absolute atomic E-state index is 0.0128. The maximum absolute atomic E-state index is 14.9. The van der Waals surface area contributed by atoms with Crippen LogP contribution in [0, 0.1) is 38.0 Å². The molecule has 1 aliphatic heterocycles. The topological polar surface area (TPSA) is 196 Å². The number of likely N-dealkylation sites (N-methyl/N-ethyl adjacent to an activating group) is 1. The van der Waals surface area contributed by atoms with E-state index < -0.39 is 27.6 Å². The van der Waals surface area contributed by atoms with Gasteiger partial charge in [-0.2, -0.15) is 0 Å². The lowest BCUT2D eigenvalue weighted by molar-refractivity contribution is -0.385. The number of hydrogen-bond acceptors (Lipinski definition) is 12. The summed E-state index contributed by atoms with van der Waals surface area (Å²) in [5.74, 6) is -1.61. The molecule has 2 N–H and O–H groups in total. The largest absolute Gasteiger partial charge is 0.459 e. The van der Waals surface area contributed by atoms with Gasteiger partial charge in [-0.25, -0.2) is 0 Å². The number of nitrogens with zero attached hydrogens (tertiary/aromatic N) is 4. The molecule has 1 heterocycles. The Morgan fingerprint density at radius 2 is 1.60 bits per heavy atom. The first-order valence-electron chi connectivity index (χ1n) is 22.7. The molecule has 67 heavy (non-hydrogen) atoms. The van der Waals surface area contributed by atoms with Crippen LogP contribution in [0.15, 0.2) is 139 Å². The highest BCUT2D eigenvalue weighted by atomic mass is 16.7. The van der Waals surface area contributed by atoms with Gasteiger partial charge in [-0.05, 0) is 108 Å². The van der Waals surface area contributed by atoms with Crippen molar-refractivity contribution in [2.24, 2.45) is 22.9 Å². The molecule has 15 nitrogen and oxygen atoms in total. The van der Waals surface area contributed by atoms with E-state index in [9.17, 15) is 35.2 Å². The smallest absolute Gasteiger partial charge is 0.273 e. The van der Waals surface area contributed by atoms with Crippen molar-refractivity contribution < 1.29 is 43.9 Å². The van der Waals surface area contributed by atoms with Crippen LogP contribution in [0.1, 0.15) is 72.3 Å². The molecule has 348 valence electrons. The molecule has 2 aliphatic carbocycles. The van der Waals surface area contributed by atoms with Crippen molar-refractivity contribution in [2.75, 3.05) is 26.9 Å². The van der Waals surface area contributed by atoms with Gasteiger partial charge >= 0.3 is 0 Å². The van der Waals surface area contributed by atoms with Crippen molar-refractivity contribution in [1.29, 1.82) is 0 Å². The number of aliphatic hydroxyl groups is 2. The van der Waals surface area contributed by atoms with Crippen molar-refractivity contribution >= 4 is 33.8 Å². The van der Waals surface area contributed by atoms with Gasteiger partial charge in [0.05, 0.1) is 34.1 Å². The molecule has 1 saturated carbocycles. The summed E-state index contributed by atoms with van der Waals surface area (Å²) < 4.78 is 20.7. The first-order valence-corrected chi connectivity index (χ1v) is 22.7. The first-order chi connectivity index (χ1) is 32.5. The van der Waals surface area contributed by atoms with Gasteiger partial charge in [0.2, 0.25) is 5.79 Å². The summed E-state index contributed by atoms with van der Waals surface area (Å²) in [7, 11) is 1.74. The van der Waals surface area contributed by atoms with Crippen molar-refractivity contribution in [2.45, 2.75) is 69.3 Å². The standard InChI is InChI=1S/C52H54N4O11/c1-3-27-64-52-48(54(2)51(59)38-20-19-35-11-4-5-12-36(35)28-38)32-46(53-65-33-34-17-21-39(22-18-34)55(60)61)44-29-37(13-6-8-25-57)43(16-7-9-26-58)49(50(44)52)45-31-42(23-24-47(45)67-52)66-41-15-10-14-40(30-41)56(62)63/h3-5,10-12,14-15,17-24,28-31,37,43,48-50,57-58H,1,6-9,13,16,25-27,32-33H2,2H3. The second-order valence-corrected chi connectivity index (χ2v) is 17.3. The summed E-state index contributed by atoms with van der Waals surface area (Å²) in [6, 6.07) is 30.2. The highest BCUT2D eigenvalue weighted by Crippen LogP contribution is 2.62. The molecule has 1 amide bonds. The number of fused-ring (bicyclic) bond motifs is 3. The third kappa shape index (κ3) is 9.80. The minimum atomic E-state index is -1.51. The van der Waals surface area contributed by atoms with E-state index in [4.69, 9.17) is 24.2 Å². The Kier molecular flexibility index (Phi) is 14.4. The van der Waals surface area contributed by atoms with E-state index >= 15 is 0 Å². The van der Waals surface area contributed by atoms with Gasteiger partial charge in [0.25, 0.3) is 17.3 Å². The lowest BCUT2D eigenvalue weighted by atomic mass is 9.55. The molecule has 1 fully saturated rings. The highest BCUT2D eigenvalue weighted by molar-refractivity contribution is 6.04. The van der Waals surface area contributed by atoms with Crippen LogP contribution in [0.5, 0.6) is 17.2 Å². The number of allylic oxidation sites excluding steroid dienone is 1. The molecular weight excluding hydrogens is 857 g/mol. The molecule has 3 aliphatic rings. The Hall–Kier alpha value is -6.94. The summed E-state index contributed by atoms with van der Waals surface area (Å²) in [5, 5.41) is 49.7. The molecule has 6 atom stereocenters. The van der Waals surface area contributed by atoms with E-state index in [2.05, 4.69) is 12.7 Å². The second-order valence-electron chi connectivity index (χ2n) is 17.3. The number of oxime groups is 1. The van der Waals surface area contributed by atoms with Crippen LogP contribution in [-0.2, 0) is 16.2 Å². The SMILES string of the molecule is C=CCOC12Oc3ccc(Oc4cccc([N+](=O)[O-])c4)cc3C3C(CCCCO)C(CCCCO)C=C(C(=NOCc4ccc([N+](=O)[O-])cc4)CC1N(C)C(=O)c1ccc4ccccc4c1)C32. The number of amides is 1. The van der Waals surface area contributed by atoms with Crippen LogP contribution in [0.25, 0.3) is 10.8 Å². The summed E-state index contributed by atoms with van der Waals surface area (Å²) in [6.45, 7) is 4.16. The summed E-state index contributed by atoms with van der Waals surface area (Å²) >= 11 is 0. The maximum Gasteiger partial charge on any atom is 0.273 e. The van der Waals surface area contributed by atoms with Crippen molar-refractivity contribution in [3.05, 3.63) is 170 Å². The molecule has 5 aromatic rings. The number of benzene rings is 5.